The molecule has 0 aromatic heterocycles. The van der Waals surface area contributed by atoms with E-state index in [1.165, 1.54) is 5.56 Å². The van der Waals surface area contributed by atoms with E-state index in [2.05, 4.69) is 31.3 Å². The van der Waals surface area contributed by atoms with Crippen LogP contribution in [0, 0.1) is 13.8 Å². The van der Waals surface area contributed by atoms with E-state index in [0.29, 0.717) is 17.1 Å². The summed E-state index contributed by atoms with van der Waals surface area (Å²) in [5.41, 5.74) is 6.00. The number of rotatable bonds is 2. The molecule has 6 rings (SSSR count). The number of anilines is 2. The van der Waals surface area contributed by atoms with Crippen LogP contribution in [0.5, 0.6) is 11.5 Å². The molecule has 0 atom stereocenters. The summed E-state index contributed by atoms with van der Waals surface area (Å²) >= 11 is 0. The van der Waals surface area contributed by atoms with Crippen molar-refractivity contribution < 1.29 is 14.3 Å². The molecule has 2 aliphatic rings. The minimum atomic E-state index is -1.04. The Morgan fingerprint density at radius 3 is 2.06 bits per heavy atom. The van der Waals surface area contributed by atoms with E-state index in [4.69, 9.17) is 9.47 Å². The van der Waals surface area contributed by atoms with Crippen LogP contribution < -0.4 is 10.1 Å². The van der Waals surface area contributed by atoms with Crippen molar-refractivity contribution in [2.24, 2.45) is 0 Å². The van der Waals surface area contributed by atoms with Gasteiger partial charge in [0.2, 0.25) is 0 Å². The first kappa shape index (κ1) is 18.7. The monoisotopic (exact) mass is 419 g/mol. The summed E-state index contributed by atoms with van der Waals surface area (Å²) in [5, 5.41) is 3.47. The molecule has 0 fully saturated rings. The van der Waals surface area contributed by atoms with Crippen molar-refractivity contribution in [1.29, 1.82) is 0 Å². The second kappa shape index (κ2) is 6.72. The van der Waals surface area contributed by atoms with Crippen LogP contribution in [0.1, 0.15) is 38.2 Å². The van der Waals surface area contributed by atoms with E-state index in [-0.39, 0.29) is 5.97 Å². The Kier molecular flexibility index (Phi) is 3.93. The number of para-hydroxylation sites is 2. The van der Waals surface area contributed by atoms with Gasteiger partial charge in [-0.3, -0.25) is 0 Å². The highest BCUT2D eigenvalue weighted by Crippen LogP contribution is 2.56. The molecule has 1 N–H and O–H groups in total. The van der Waals surface area contributed by atoms with E-state index in [1.54, 1.807) is 0 Å². The highest BCUT2D eigenvalue weighted by atomic mass is 16.6. The number of fused-ring (bicyclic) bond motifs is 6. The lowest BCUT2D eigenvalue weighted by Crippen LogP contribution is -2.32. The van der Waals surface area contributed by atoms with Crippen molar-refractivity contribution in [3.05, 3.63) is 118 Å². The Morgan fingerprint density at radius 1 is 0.719 bits per heavy atom. The van der Waals surface area contributed by atoms with Crippen molar-refractivity contribution in [3.8, 4) is 11.5 Å². The molecule has 0 bridgehead atoms. The quantitative estimate of drug-likeness (QED) is 0.371. The van der Waals surface area contributed by atoms with Gasteiger partial charge in [0.1, 0.15) is 11.5 Å². The van der Waals surface area contributed by atoms with E-state index in [0.717, 1.165) is 33.6 Å². The number of hydrogen-bond donors (Lipinski definition) is 1. The van der Waals surface area contributed by atoms with Crippen LogP contribution in [0.25, 0.3) is 0 Å². The number of nitrogens with one attached hydrogen (secondary N) is 1. The highest BCUT2D eigenvalue weighted by molar-refractivity contribution is 6.03. The predicted molar refractivity (Wildman–Crippen MR) is 124 cm³/mol. The standard InChI is InChI=1S/C28H21NO3/c1-17-14-15-22(18(2)16-17)29-23-11-7-10-21-26(23)27(30)32-28(21)19-8-3-5-12-24(19)31-25-13-6-4-9-20(25)28/h3-16,29H,1-2H3. The molecule has 2 heterocycles. The van der Waals surface area contributed by atoms with Gasteiger partial charge in [0.05, 0.1) is 11.3 Å². The van der Waals surface area contributed by atoms with Gasteiger partial charge in [-0.25, -0.2) is 4.79 Å². The normalized spacial score (nSPS) is 14.8. The number of carbonyl (C=O) groups is 1. The maximum atomic E-state index is 13.4. The van der Waals surface area contributed by atoms with Gasteiger partial charge in [0.25, 0.3) is 0 Å². The third kappa shape index (κ3) is 2.53. The molecule has 4 aromatic carbocycles. The minimum Gasteiger partial charge on any atom is -0.456 e. The molecular formula is C28H21NO3. The fraction of sp³-hybridized carbons (Fsp3) is 0.107. The lowest BCUT2D eigenvalue weighted by molar-refractivity contribution is 0.0225. The Bertz CT molecular complexity index is 1360. The van der Waals surface area contributed by atoms with Crippen molar-refractivity contribution >= 4 is 17.3 Å². The van der Waals surface area contributed by atoms with Crippen LogP contribution >= 0.6 is 0 Å². The van der Waals surface area contributed by atoms with Crippen LogP contribution in [-0.4, -0.2) is 5.97 Å². The third-order valence-corrected chi connectivity index (χ3v) is 6.30. The molecule has 32 heavy (non-hydrogen) atoms. The molecule has 0 radical (unpaired) electrons. The second-order valence-corrected chi connectivity index (χ2v) is 8.34. The minimum absolute atomic E-state index is 0.348. The number of carbonyl (C=O) groups excluding carboxylic acids is 1. The van der Waals surface area contributed by atoms with Gasteiger partial charge >= 0.3 is 5.97 Å². The fourth-order valence-electron chi connectivity index (χ4n) is 4.87. The number of benzene rings is 4. The summed E-state index contributed by atoms with van der Waals surface area (Å²) in [5.74, 6) is 1.04. The first-order valence-electron chi connectivity index (χ1n) is 10.7. The molecule has 0 saturated heterocycles. The summed E-state index contributed by atoms with van der Waals surface area (Å²) in [6.07, 6.45) is 0. The van der Waals surface area contributed by atoms with E-state index >= 15 is 0 Å². The molecule has 0 saturated carbocycles. The van der Waals surface area contributed by atoms with E-state index in [9.17, 15) is 4.79 Å². The lowest BCUT2D eigenvalue weighted by Gasteiger charge is -2.36. The molecule has 4 nitrogen and oxygen atoms in total. The number of hydrogen-bond acceptors (Lipinski definition) is 4. The molecule has 4 aromatic rings. The molecule has 2 aliphatic heterocycles. The summed E-state index contributed by atoms with van der Waals surface area (Å²) in [4.78, 5) is 13.4. The Morgan fingerprint density at radius 2 is 1.38 bits per heavy atom. The van der Waals surface area contributed by atoms with Crippen LogP contribution in [0.2, 0.25) is 0 Å². The zero-order chi connectivity index (χ0) is 21.9. The first-order valence-corrected chi connectivity index (χ1v) is 10.7. The van der Waals surface area contributed by atoms with Gasteiger partial charge in [-0.2, -0.15) is 0 Å². The summed E-state index contributed by atoms with van der Waals surface area (Å²) in [7, 11) is 0. The molecule has 0 aliphatic carbocycles. The van der Waals surface area contributed by atoms with Gasteiger partial charge in [-0.15, -0.1) is 0 Å². The van der Waals surface area contributed by atoms with Crippen molar-refractivity contribution in [2.75, 3.05) is 5.32 Å². The van der Waals surface area contributed by atoms with Crippen molar-refractivity contribution in [2.45, 2.75) is 19.4 Å². The summed E-state index contributed by atoms with van der Waals surface area (Å²) in [6.45, 7) is 4.13. The topological polar surface area (TPSA) is 47.6 Å². The predicted octanol–water partition coefficient (Wildman–Crippen LogP) is 6.62. The van der Waals surface area contributed by atoms with Crippen LogP contribution in [0.3, 0.4) is 0 Å². The van der Waals surface area contributed by atoms with Gasteiger partial charge in [0, 0.05) is 22.4 Å². The highest BCUT2D eigenvalue weighted by Gasteiger charge is 2.54. The molecular weight excluding hydrogens is 398 g/mol. The first-order chi connectivity index (χ1) is 15.6. The molecule has 0 unspecified atom stereocenters. The Hall–Kier alpha value is -4.05. The largest absolute Gasteiger partial charge is 0.456 e. The van der Waals surface area contributed by atoms with Crippen LogP contribution in [0.4, 0.5) is 11.4 Å². The molecule has 156 valence electrons. The third-order valence-electron chi connectivity index (χ3n) is 6.30. The van der Waals surface area contributed by atoms with Gasteiger partial charge < -0.3 is 14.8 Å². The van der Waals surface area contributed by atoms with E-state index < -0.39 is 5.60 Å². The zero-order valence-electron chi connectivity index (χ0n) is 17.8. The summed E-state index contributed by atoms with van der Waals surface area (Å²) in [6, 6.07) is 27.6. The van der Waals surface area contributed by atoms with Crippen molar-refractivity contribution in [3.63, 3.8) is 0 Å². The van der Waals surface area contributed by atoms with Crippen LogP contribution in [0.15, 0.2) is 84.9 Å². The maximum absolute atomic E-state index is 13.4. The van der Waals surface area contributed by atoms with Gasteiger partial charge in [-0.1, -0.05) is 66.2 Å². The Labute approximate surface area is 186 Å². The average Bonchev–Trinajstić information content (AvgIpc) is 3.10. The van der Waals surface area contributed by atoms with Gasteiger partial charge in [0.15, 0.2) is 5.60 Å². The summed E-state index contributed by atoms with van der Waals surface area (Å²) < 4.78 is 12.4. The van der Waals surface area contributed by atoms with E-state index in [1.807, 2.05) is 72.8 Å². The molecule has 1 spiro atoms. The zero-order valence-corrected chi connectivity index (χ0v) is 17.8. The van der Waals surface area contributed by atoms with Gasteiger partial charge in [-0.05, 0) is 43.7 Å². The van der Waals surface area contributed by atoms with Crippen LogP contribution in [-0.2, 0) is 10.3 Å². The number of ether oxygens (including phenoxy) is 2. The maximum Gasteiger partial charge on any atom is 0.342 e. The fourth-order valence-corrected chi connectivity index (χ4v) is 4.87. The second-order valence-electron chi connectivity index (χ2n) is 8.34. The molecule has 4 heteroatoms. The SMILES string of the molecule is Cc1ccc(Nc2cccc3c2C(=O)OC32c3ccccc3Oc3ccccc32)c(C)c1. The lowest BCUT2D eigenvalue weighted by atomic mass is 9.77. The number of esters is 1. The average molecular weight is 419 g/mol. The number of aryl methyl sites for hydroxylation is 2. The Balaban J connectivity index is 1.59. The smallest absolute Gasteiger partial charge is 0.342 e. The molecule has 0 amide bonds. The van der Waals surface area contributed by atoms with Crippen molar-refractivity contribution in [1.82, 2.24) is 0 Å².